The molecule has 7 nitrogen and oxygen atoms in total. The van der Waals surface area contributed by atoms with Crippen LogP contribution in [-0.2, 0) is 15.9 Å². The highest BCUT2D eigenvalue weighted by Gasteiger charge is 2.64. The zero-order valence-electron chi connectivity index (χ0n) is 14.8. The Balaban J connectivity index is 1.86. The van der Waals surface area contributed by atoms with E-state index in [0.717, 1.165) is 0 Å². The number of aliphatic hydroxyl groups is 1. The van der Waals surface area contributed by atoms with Crippen LogP contribution in [0.2, 0.25) is 0 Å². The smallest absolute Gasteiger partial charge is 0.205 e. The number of ether oxygens (including phenoxy) is 1. The van der Waals surface area contributed by atoms with Gasteiger partial charge in [-0.3, -0.25) is 0 Å². The Labute approximate surface area is 154 Å². The molecule has 3 N–H and O–H groups in total. The summed E-state index contributed by atoms with van der Waals surface area (Å²) in [5.74, 6) is -0.332. The van der Waals surface area contributed by atoms with E-state index < -0.39 is 17.3 Å². The van der Waals surface area contributed by atoms with Crippen molar-refractivity contribution in [3.63, 3.8) is 0 Å². The lowest BCUT2D eigenvalue weighted by Gasteiger charge is -2.25. The van der Waals surface area contributed by atoms with E-state index in [2.05, 4.69) is 11.1 Å². The number of pyridine rings is 1. The minimum absolute atomic E-state index is 0.141. The second kappa shape index (κ2) is 4.80. The molecule has 2 bridgehead atoms. The average Bonchev–Trinajstić information content (AvgIpc) is 3.15. The van der Waals surface area contributed by atoms with Gasteiger partial charge in [-0.25, -0.2) is 9.55 Å². The van der Waals surface area contributed by atoms with Gasteiger partial charge < -0.3 is 20.1 Å². The predicted octanol–water partition coefficient (Wildman–Crippen LogP) is 2.53. The largest absolute Gasteiger partial charge is 0.494 e. The third kappa shape index (κ3) is 1.74. The van der Waals surface area contributed by atoms with Crippen molar-refractivity contribution in [3.8, 4) is 23.5 Å². The van der Waals surface area contributed by atoms with E-state index in [4.69, 9.17) is 4.74 Å². The number of aromatic nitrogens is 2. The highest BCUT2D eigenvalue weighted by Crippen LogP contribution is 2.64. The lowest BCUT2D eigenvalue weighted by Crippen LogP contribution is -2.32. The summed E-state index contributed by atoms with van der Waals surface area (Å²) in [4.78, 5) is 4.19. The van der Waals surface area contributed by atoms with Crippen molar-refractivity contribution in [2.75, 3.05) is 0 Å². The summed E-state index contributed by atoms with van der Waals surface area (Å²) in [5, 5.41) is 43.1. The van der Waals surface area contributed by atoms with Gasteiger partial charge in [-0.05, 0) is 13.8 Å². The van der Waals surface area contributed by atoms with E-state index >= 15 is 0 Å². The average molecular weight is 363 g/mol. The first-order chi connectivity index (χ1) is 12.8. The third-order valence-electron chi connectivity index (χ3n) is 5.92. The Morgan fingerprint density at radius 1 is 1.19 bits per heavy atom. The molecule has 0 aliphatic carbocycles. The quantitative estimate of drug-likeness (QED) is 0.613. The lowest BCUT2D eigenvalue weighted by atomic mass is 9.78. The number of aliphatic hydroxyl groups excluding tert-OH is 1. The molecule has 3 aromatic rings. The maximum absolute atomic E-state index is 11.0. The highest BCUT2D eigenvalue weighted by atomic mass is 16.6. The lowest BCUT2D eigenvalue weighted by molar-refractivity contribution is -0.0936. The summed E-state index contributed by atoms with van der Waals surface area (Å²) < 4.78 is 7.32. The molecule has 136 valence electrons. The van der Waals surface area contributed by atoms with Crippen molar-refractivity contribution in [2.45, 2.75) is 37.6 Å². The molecule has 27 heavy (non-hydrogen) atoms. The molecule has 0 saturated carbocycles. The van der Waals surface area contributed by atoms with Gasteiger partial charge in [-0.1, -0.05) is 24.3 Å². The molecule has 2 aromatic heterocycles. The van der Waals surface area contributed by atoms with E-state index in [-0.39, 0.29) is 17.5 Å². The number of aromatic hydroxyl groups is 2. The Bertz CT molecular complexity index is 1180. The van der Waals surface area contributed by atoms with Gasteiger partial charge in [-0.2, -0.15) is 5.26 Å². The van der Waals surface area contributed by atoms with Crippen LogP contribution in [0.3, 0.4) is 0 Å². The number of benzene rings is 1. The molecule has 1 aromatic carbocycles. The molecule has 2 aliphatic heterocycles. The van der Waals surface area contributed by atoms with Crippen molar-refractivity contribution in [1.82, 2.24) is 9.55 Å². The number of hydrogen-bond acceptors (Lipinski definition) is 6. The number of fused-ring (bicyclic) bond motifs is 6. The van der Waals surface area contributed by atoms with Crippen molar-refractivity contribution in [1.29, 1.82) is 5.26 Å². The summed E-state index contributed by atoms with van der Waals surface area (Å²) in [6.07, 6.45) is 1.01. The summed E-state index contributed by atoms with van der Waals surface area (Å²) in [6, 6.07) is 9.26. The van der Waals surface area contributed by atoms with E-state index in [1.807, 2.05) is 6.07 Å². The SMILES string of the molecule is CC12C[C@H](O)C(C)(O1)c1c2c(O)n(-c2cnc(C#N)c3ccccc23)c1O. The molecular formula is C20H17N3O4. The van der Waals surface area contributed by atoms with Crippen LogP contribution in [0.15, 0.2) is 30.5 Å². The molecule has 4 heterocycles. The fourth-order valence-electron chi connectivity index (χ4n) is 4.70. The minimum Gasteiger partial charge on any atom is -0.494 e. The topological polar surface area (TPSA) is 112 Å². The Hall–Kier alpha value is -3.08. The summed E-state index contributed by atoms with van der Waals surface area (Å²) in [6.45, 7) is 3.51. The molecule has 2 unspecified atom stereocenters. The van der Waals surface area contributed by atoms with Gasteiger partial charge >= 0.3 is 0 Å². The summed E-state index contributed by atoms with van der Waals surface area (Å²) in [7, 11) is 0. The molecule has 3 atom stereocenters. The van der Waals surface area contributed by atoms with Crippen LogP contribution in [0.25, 0.3) is 16.5 Å². The predicted molar refractivity (Wildman–Crippen MR) is 95.5 cm³/mol. The van der Waals surface area contributed by atoms with Gasteiger partial charge in [0.1, 0.15) is 17.4 Å². The second-order valence-corrected chi connectivity index (χ2v) is 7.54. The van der Waals surface area contributed by atoms with Crippen LogP contribution in [-0.4, -0.2) is 31.0 Å². The van der Waals surface area contributed by atoms with E-state index in [1.54, 1.807) is 32.0 Å². The number of nitrogens with zero attached hydrogens (tertiary/aromatic N) is 3. The van der Waals surface area contributed by atoms with Crippen LogP contribution >= 0.6 is 0 Å². The van der Waals surface area contributed by atoms with Crippen LogP contribution in [0.4, 0.5) is 0 Å². The van der Waals surface area contributed by atoms with E-state index in [1.165, 1.54) is 10.8 Å². The monoisotopic (exact) mass is 363 g/mol. The third-order valence-corrected chi connectivity index (χ3v) is 5.92. The second-order valence-electron chi connectivity index (χ2n) is 7.54. The number of hydrogen-bond donors (Lipinski definition) is 3. The van der Waals surface area contributed by atoms with Crippen LogP contribution in [0.1, 0.15) is 37.1 Å². The van der Waals surface area contributed by atoms with Gasteiger partial charge in [0.05, 0.1) is 34.7 Å². The number of nitriles is 1. The molecule has 0 spiro atoms. The summed E-state index contributed by atoms with van der Waals surface area (Å²) >= 11 is 0. The van der Waals surface area contributed by atoms with Gasteiger partial charge in [0.25, 0.3) is 0 Å². The Morgan fingerprint density at radius 2 is 1.85 bits per heavy atom. The van der Waals surface area contributed by atoms with Crippen LogP contribution in [0, 0.1) is 11.3 Å². The van der Waals surface area contributed by atoms with Crippen molar-refractivity contribution in [2.24, 2.45) is 0 Å². The first-order valence-electron chi connectivity index (χ1n) is 8.66. The molecule has 1 saturated heterocycles. The van der Waals surface area contributed by atoms with Crippen LogP contribution in [0.5, 0.6) is 11.8 Å². The Kier molecular flexibility index (Phi) is 2.86. The molecule has 0 amide bonds. The Morgan fingerprint density at radius 3 is 2.56 bits per heavy atom. The zero-order chi connectivity index (χ0) is 19.1. The summed E-state index contributed by atoms with van der Waals surface area (Å²) in [5.41, 5.74) is -0.365. The normalized spacial score (nSPS) is 28.4. The highest BCUT2D eigenvalue weighted by molar-refractivity contribution is 5.93. The van der Waals surface area contributed by atoms with Gasteiger partial charge in [0, 0.05) is 17.2 Å². The fourth-order valence-corrected chi connectivity index (χ4v) is 4.70. The first-order valence-corrected chi connectivity index (χ1v) is 8.66. The maximum Gasteiger partial charge on any atom is 0.205 e. The van der Waals surface area contributed by atoms with Gasteiger partial charge in [-0.15, -0.1) is 0 Å². The van der Waals surface area contributed by atoms with Crippen LogP contribution < -0.4 is 0 Å². The maximum atomic E-state index is 11.0. The fraction of sp³-hybridized carbons (Fsp3) is 0.300. The first kappa shape index (κ1) is 16.1. The molecule has 1 fully saturated rings. The van der Waals surface area contributed by atoms with Crippen molar-refractivity contribution >= 4 is 10.8 Å². The van der Waals surface area contributed by atoms with Gasteiger partial charge in [0.2, 0.25) is 11.8 Å². The van der Waals surface area contributed by atoms with E-state index in [0.29, 0.717) is 34.0 Å². The van der Waals surface area contributed by atoms with E-state index in [9.17, 15) is 20.6 Å². The number of rotatable bonds is 1. The van der Waals surface area contributed by atoms with Crippen molar-refractivity contribution < 1.29 is 20.1 Å². The standard InChI is InChI=1S/C20H17N3O4/c1-19-7-14(24)20(2,27-19)16-15(19)17(25)23(18(16)26)13-9-22-12(8-21)10-5-3-4-6-11(10)13/h3-6,9,14,24-26H,7H2,1-2H3/t14-,19?,20?/m0/s1. The molecule has 2 aliphatic rings. The minimum atomic E-state index is -1.09. The molecule has 7 heteroatoms. The molecular weight excluding hydrogens is 346 g/mol. The van der Waals surface area contributed by atoms with Crippen molar-refractivity contribution in [3.05, 3.63) is 47.3 Å². The van der Waals surface area contributed by atoms with Gasteiger partial charge in [0.15, 0.2) is 0 Å². The zero-order valence-corrected chi connectivity index (χ0v) is 14.8. The molecule has 5 rings (SSSR count). The molecule has 0 radical (unpaired) electrons.